The van der Waals surface area contributed by atoms with Crippen LogP contribution in [0.2, 0.25) is 0 Å². The summed E-state index contributed by atoms with van der Waals surface area (Å²) in [6.45, 7) is 0. The highest BCUT2D eigenvalue weighted by atomic mass is 14.5. The molecule has 0 aliphatic heterocycles. The van der Waals surface area contributed by atoms with Gasteiger partial charge in [-0.3, -0.25) is 0 Å². The van der Waals surface area contributed by atoms with E-state index in [0.717, 1.165) is 12.8 Å². The van der Waals surface area contributed by atoms with Gasteiger partial charge in [-0.05, 0) is 57.0 Å². The van der Waals surface area contributed by atoms with Crippen LogP contribution in [0.4, 0.5) is 0 Å². The number of fused-ring (bicyclic) bond motifs is 5. The second kappa shape index (κ2) is 6.32. The van der Waals surface area contributed by atoms with Crippen molar-refractivity contribution in [2.75, 3.05) is 0 Å². The SMILES string of the molecule is C1=CC(C2(c3ccccc3)c3ccccc3-c3c2ccc2ccccc32)=CCC1. The van der Waals surface area contributed by atoms with E-state index in [2.05, 4.69) is 109 Å². The normalized spacial score (nSPS) is 19.7. The van der Waals surface area contributed by atoms with E-state index in [1.165, 1.54) is 44.2 Å². The molecule has 138 valence electrons. The highest BCUT2D eigenvalue weighted by molar-refractivity contribution is 6.04. The van der Waals surface area contributed by atoms with Crippen LogP contribution in [0, 0.1) is 0 Å². The maximum absolute atomic E-state index is 2.45. The summed E-state index contributed by atoms with van der Waals surface area (Å²) in [4.78, 5) is 0. The van der Waals surface area contributed by atoms with Crippen LogP contribution in [0.1, 0.15) is 29.5 Å². The van der Waals surface area contributed by atoms with Crippen molar-refractivity contribution in [2.24, 2.45) is 0 Å². The van der Waals surface area contributed by atoms with E-state index < -0.39 is 0 Å². The Morgan fingerprint density at radius 2 is 1.41 bits per heavy atom. The fourth-order valence-corrected chi connectivity index (χ4v) is 5.42. The minimum absolute atomic E-state index is 0.256. The second-order valence-electron chi connectivity index (χ2n) is 8.01. The van der Waals surface area contributed by atoms with Gasteiger partial charge in [0.2, 0.25) is 0 Å². The molecule has 2 aliphatic carbocycles. The summed E-state index contributed by atoms with van der Waals surface area (Å²) in [6, 6.07) is 33.5. The molecule has 1 atom stereocenters. The minimum Gasteiger partial charge on any atom is -0.0839 e. The highest BCUT2D eigenvalue weighted by Crippen LogP contribution is 2.58. The first kappa shape index (κ1) is 16.6. The molecule has 0 heteroatoms. The van der Waals surface area contributed by atoms with Crippen molar-refractivity contribution in [3.05, 3.63) is 131 Å². The predicted molar refractivity (Wildman–Crippen MR) is 122 cm³/mol. The zero-order chi connectivity index (χ0) is 19.3. The van der Waals surface area contributed by atoms with Crippen molar-refractivity contribution in [3.8, 4) is 11.1 Å². The Morgan fingerprint density at radius 3 is 2.28 bits per heavy atom. The number of benzene rings is 4. The van der Waals surface area contributed by atoms with E-state index in [1.54, 1.807) is 0 Å². The van der Waals surface area contributed by atoms with Crippen LogP contribution in [-0.4, -0.2) is 0 Å². The summed E-state index contributed by atoms with van der Waals surface area (Å²) in [7, 11) is 0. The van der Waals surface area contributed by atoms with Crippen molar-refractivity contribution in [1.29, 1.82) is 0 Å². The van der Waals surface area contributed by atoms with Crippen LogP contribution >= 0.6 is 0 Å². The monoisotopic (exact) mass is 370 g/mol. The molecule has 0 spiro atoms. The first-order chi connectivity index (χ1) is 14.4. The Morgan fingerprint density at radius 1 is 0.621 bits per heavy atom. The van der Waals surface area contributed by atoms with Gasteiger partial charge in [-0.15, -0.1) is 0 Å². The lowest BCUT2D eigenvalue weighted by Crippen LogP contribution is -2.29. The third kappa shape index (κ3) is 2.20. The van der Waals surface area contributed by atoms with Gasteiger partial charge in [0.15, 0.2) is 0 Å². The summed E-state index contributed by atoms with van der Waals surface area (Å²) in [5.74, 6) is 0. The number of rotatable bonds is 2. The lowest BCUT2D eigenvalue weighted by molar-refractivity contribution is 0.752. The molecule has 0 saturated heterocycles. The molecule has 0 fully saturated rings. The molecule has 0 amide bonds. The fraction of sp³-hybridized carbons (Fsp3) is 0.103. The Kier molecular flexibility index (Phi) is 3.61. The van der Waals surface area contributed by atoms with Gasteiger partial charge in [-0.25, -0.2) is 0 Å². The second-order valence-corrected chi connectivity index (χ2v) is 8.01. The van der Waals surface area contributed by atoms with Crippen molar-refractivity contribution >= 4 is 10.8 Å². The minimum atomic E-state index is -0.256. The summed E-state index contributed by atoms with van der Waals surface area (Å²) < 4.78 is 0. The average molecular weight is 370 g/mol. The molecule has 0 saturated carbocycles. The van der Waals surface area contributed by atoms with E-state index in [-0.39, 0.29) is 5.41 Å². The molecular formula is C29H22. The van der Waals surface area contributed by atoms with Crippen LogP contribution in [0.25, 0.3) is 21.9 Å². The molecule has 0 radical (unpaired) electrons. The van der Waals surface area contributed by atoms with Gasteiger partial charge in [0, 0.05) is 0 Å². The predicted octanol–water partition coefficient (Wildman–Crippen LogP) is 7.43. The number of allylic oxidation sites excluding steroid dienone is 4. The van der Waals surface area contributed by atoms with Gasteiger partial charge in [0.25, 0.3) is 0 Å². The lowest BCUT2D eigenvalue weighted by Gasteiger charge is -2.35. The van der Waals surface area contributed by atoms with E-state index in [4.69, 9.17) is 0 Å². The van der Waals surface area contributed by atoms with Gasteiger partial charge in [0.1, 0.15) is 0 Å². The smallest absolute Gasteiger partial charge is 0.0710 e. The molecule has 0 aromatic heterocycles. The molecule has 0 nitrogen and oxygen atoms in total. The Labute approximate surface area is 171 Å². The van der Waals surface area contributed by atoms with Crippen molar-refractivity contribution in [1.82, 2.24) is 0 Å². The fourth-order valence-electron chi connectivity index (χ4n) is 5.42. The van der Waals surface area contributed by atoms with Crippen molar-refractivity contribution in [2.45, 2.75) is 18.3 Å². The molecular weight excluding hydrogens is 348 g/mol. The quantitative estimate of drug-likeness (QED) is 0.344. The molecule has 0 N–H and O–H groups in total. The molecule has 29 heavy (non-hydrogen) atoms. The van der Waals surface area contributed by atoms with Gasteiger partial charge in [-0.1, -0.05) is 109 Å². The Balaban J connectivity index is 1.82. The Bertz CT molecular complexity index is 1290. The summed E-state index contributed by atoms with van der Waals surface area (Å²) in [5, 5.41) is 2.65. The topological polar surface area (TPSA) is 0 Å². The molecule has 4 aromatic carbocycles. The van der Waals surface area contributed by atoms with Gasteiger partial charge in [-0.2, -0.15) is 0 Å². The molecule has 0 bridgehead atoms. The van der Waals surface area contributed by atoms with Crippen molar-refractivity contribution in [3.63, 3.8) is 0 Å². The third-order valence-corrected chi connectivity index (χ3v) is 6.57. The first-order valence-corrected chi connectivity index (χ1v) is 10.5. The van der Waals surface area contributed by atoms with Crippen LogP contribution < -0.4 is 0 Å². The zero-order valence-electron chi connectivity index (χ0n) is 16.3. The molecule has 4 aromatic rings. The Hall–Kier alpha value is -3.38. The number of hydrogen-bond acceptors (Lipinski definition) is 0. The summed E-state index contributed by atoms with van der Waals surface area (Å²) >= 11 is 0. The zero-order valence-corrected chi connectivity index (χ0v) is 16.3. The standard InChI is InChI=1S/C29H22/c1-3-12-22(13-4-1)29(23-14-5-2-6-15-23)26-18-10-9-17-25(26)28-24-16-8-7-11-21(24)19-20-27(28)29/h1,3-5,7-20H,2,6H2. The molecule has 2 aliphatic rings. The maximum Gasteiger partial charge on any atom is 0.0710 e. The van der Waals surface area contributed by atoms with Crippen LogP contribution in [0.5, 0.6) is 0 Å². The van der Waals surface area contributed by atoms with Gasteiger partial charge >= 0.3 is 0 Å². The summed E-state index contributed by atoms with van der Waals surface area (Å²) in [6.07, 6.45) is 9.37. The van der Waals surface area contributed by atoms with Crippen molar-refractivity contribution < 1.29 is 0 Å². The highest BCUT2D eigenvalue weighted by Gasteiger charge is 2.47. The maximum atomic E-state index is 2.45. The van der Waals surface area contributed by atoms with E-state index in [0.29, 0.717) is 0 Å². The average Bonchev–Trinajstić information content (AvgIpc) is 3.12. The van der Waals surface area contributed by atoms with Gasteiger partial charge in [0.05, 0.1) is 5.41 Å². The van der Waals surface area contributed by atoms with Crippen LogP contribution in [0.15, 0.2) is 115 Å². The third-order valence-electron chi connectivity index (χ3n) is 6.57. The lowest BCUT2D eigenvalue weighted by atomic mass is 9.66. The molecule has 1 unspecified atom stereocenters. The van der Waals surface area contributed by atoms with E-state index in [9.17, 15) is 0 Å². The molecule has 6 rings (SSSR count). The summed E-state index contributed by atoms with van der Waals surface area (Å²) in [5.41, 5.74) is 8.05. The molecule has 0 heterocycles. The first-order valence-electron chi connectivity index (χ1n) is 10.5. The van der Waals surface area contributed by atoms with Crippen LogP contribution in [0.3, 0.4) is 0 Å². The van der Waals surface area contributed by atoms with E-state index >= 15 is 0 Å². The number of hydrogen-bond donors (Lipinski definition) is 0. The van der Waals surface area contributed by atoms with E-state index in [1.807, 2.05) is 0 Å². The van der Waals surface area contributed by atoms with Crippen LogP contribution in [-0.2, 0) is 5.41 Å². The largest absolute Gasteiger partial charge is 0.0839 e. The van der Waals surface area contributed by atoms with Gasteiger partial charge < -0.3 is 0 Å².